The molecule has 4 nitrogen and oxygen atoms in total. The molecule has 0 aromatic heterocycles. The molecule has 0 heterocycles. The van der Waals surface area contributed by atoms with Gasteiger partial charge in [-0.05, 0) is 17.5 Å². The molecule has 0 amide bonds. The Kier molecular flexibility index (Phi) is 3.41. The van der Waals surface area contributed by atoms with Gasteiger partial charge in [-0.1, -0.05) is 38.1 Å². The van der Waals surface area contributed by atoms with E-state index in [9.17, 15) is 13.7 Å². The normalized spacial score (nSPS) is 29.8. The molecule has 1 aromatic rings. The first-order chi connectivity index (χ1) is 8.90. The highest BCUT2D eigenvalue weighted by molar-refractivity contribution is 7.92. The van der Waals surface area contributed by atoms with E-state index in [1.54, 1.807) is 6.92 Å². The van der Waals surface area contributed by atoms with Crippen molar-refractivity contribution in [3.63, 3.8) is 0 Å². The van der Waals surface area contributed by atoms with Gasteiger partial charge in [0, 0.05) is 11.7 Å². The van der Waals surface area contributed by atoms with Crippen molar-refractivity contribution in [3.05, 3.63) is 35.4 Å². The van der Waals surface area contributed by atoms with Crippen LogP contribution in [0.15, 0.2) is 24.3 Å². The lowest BCUT2D eigenvalue weighted by atomic mass is 10.0. The van der Waals surface area contributed by atoms with E-state index in [-0.39, 0.29) is 5.75 Å². The van der Waals surface area contributed by atoms with E-state index in [1.165, 1.54) is 5.56 Å². The van der Waals surface area contributed by atoms with E-state index < -0.39 is 26.5 Å². The zero-order valence-corrected chi connectivity index (χ0v) is 11.9. The van der Waals surface area contributed by atoms with Crippen molar-refractivity contribution >= 4 is 9.84 Å². The second-order valence-electron chi connectivity index (χ2n) is 4.99. The molecule has 2 rings (SSSR count). The summed E-state index contributed by atoms with van der Waals surface area (Å²) in [5, 5.41) is 8.41. The number of sulfone groups is 1. The Labute approximate surface area is 114 Å². The summed E-state index contributed by atoms with van der Waals surface area (Å²) in [5.74, 6) is -0.393. The molecular formula is C14H18N2O2S. The lowest BCUT2D eigenvalue weighted by Gasteiger charge is -2.02. The quantitative estimate of drug-likeness (QED) is 0.901. The van der Waals surface area contributed by atoms with Gasteiger partial charge in [0.05, 0.1) is 6.07 Å². The van der Waals surface area contributed by atoms with Crippen LogP contribution in [0.2, 0.25) is 0 Å². The number of nitrogens with zero attached hydrogens (tertiary/aromatic N) is 1. The van der Waals surface area contributed by atoms with Crippen molar-refractivity contribution in [3.8, 4) is 6.07 Å². The molecule has 1 fully saturated rings. The first-order valence-corrected chi connectivity index (χ1v) is 8.12. The van der Waals surface area contributed by atoms with Gasteiger partial charge in [-0.2, -0.15) is 5.26 Å². The van der Waals surface area contributed by atoms with E-state index in [0.29, 0.717) is 0 Å². The molecule has 102 valence electrons. The minimum atomic E-state index is -3.31. The first-order valence-electron chi connectivity index (χ1n) is 6.41. The summed E-state index contributed by atoms with van der Waals surface area (Å²) in [5.41, 5.74) is 6.70. The topological polar surface area (TPSA) is 83.9 Å². The maximum absolute atomic E-state index is 12.0. The van der Waals surface area contributed by atoms with Gasteiger partial charge in [-0.3, -0.25) is 0 Å². The van der Waals surface area contributed by atoms with Crippen LogP contribution in [0.4, 0.5) is 0 Å². The van der Waals surface area contributed by atoms with E-state index in [4.69, 9.17) is 5.73 Å². The van der Waals surface area contributed by atoms with Crippen LogP contribution in [0.5, 0.6) is 0 Å². The molecule has 0 radical (unpaired) electrons. The fourth-order valence-electron chi connectivity index (χ4n) is 2.60. The van der Waals surface area contributed by atoms with Crippen molar-refractivity contribution in [1.29, 1.82) is 5.26 Å². The highest BCUT2D eigenvalue weighted by atomic mass is 32.2. The second kappa shape index (κ2) is 4.62. The van der Waals surface area contributed by atoms with E-state index >= 15 is 0 Å². The third kappa shape index (κ3) is 2.15. The van der Waals surface area contributed by atoms with Gasteiger partial charge in [0.25, 0.3) is 0 Å². The summed E-state index contributed by atoms with van der Waals surface area (Å²) < 4.78 is 24.0. The zero-order chi connectivity index (χ0) is 14.3. The summed E-state index contributed by atoms with van der Waals surface area (Å²) >= 11 is 0. The molecule has 1 saturated carbocycles. The predicted octanol–water partition coefficient (Wildman–Crippen LogP) is 1.37. The Morgan fingerprint density at radius 1 is 1.32 bits per heavy atom. The van der Waals surface area contributed by atoms with Crippen molar-refractivity contribution < 1.29 is 8.42 Å². The molecular weight excluding hydrogens is 260 g/mol. The maximum Gasteiger partial charge on any atom is 0.156 e. The van der Waals surface area contributed by atoms with Crippen LogP contribution in [-0.4, -0.2) is 25.0 Å². The maximum atomic E-state index is 12.0. The van der Waals surface area contributed by atoms with Gasteiger partial charge in [0.15, 0.2) is 9.84 Å². The highest BCUT2D eigenvalue weighted by Crippen LogP contribution is 2.53. The van der Waals surface area contributed by atoms with E-state index in [0.717, 1.165) is 12.0 Å². The van der Waals surface area contributed by atoms with Gasteiger partial charge < -0.3 is 5.73 Å². The lowest BCUT2D eigenvalue weighted by Crippen LogP contribution is -2.29. The molecule has 19 heavy (non-hydrogen) atoms. The molecule has 1 aliphatic rings. The van der Waals surface area contributed by atoms with Crippen LogP contribution in [-0.2, 0) is 16.3 Å². The Hall–Kier alpha value is -1.38. The molecule has 0 unspecified atom stereocenters. The third-order valence-corrected chi connectivity index (χ3v) is 6.15. The lowest BCUT2D eigenvalue weighted by molar-refractivity contribution is 0.593. The fourth-order valence-corrected chi connectivity index (χ4v) is 4.47. The minimum Gasteiger partial charge on any atom is -0.312 e. The smallest absolute Gasteiger partial charge is 0.156 e. The van der Waals surface area contributed by atoms with Gasteiger partial charge in [0.2, 0.25) is 0 Å². The minimum absolute atomic E-state index is 0.0157. The average Bonchev–Trinajstić information content (AvgIpc) is 3.07. The number of hydrogen-bond donors (Lipinski definition) is 1. The van der Waals surface area contributed by atoms with Crippen LogP contribution in [0.25, 0.3) is 0 Å². The van der Waals surface area contributed by atoms with Gasteiger partial charge in [-0.25, -0.2) is 8.42 Å². The molecule has 1 aliphatic carbocycles. The number of rotatable bonds is 4. The summed E-state index contributed by atoms with van der Waals surface area (Å²) in [7, 11) is -3.31. The van der Waals surface area contributed by atoms with Crippen LogP contribution in [0.1, 0.15) is 30.9 Å². The molecule has 0 bridgehead atoms. The van der Waals surface area contributed by atoms with E-state index in [1.807, 2.05) is 30.3 Å². The van der Waals surface area contributed by atoms with Gasteiger partial charge in [0.1, 0.15) is 10.8 Å². The summed E-state index contributed by atoms with van der Waals surface area (Å²) in [6.45, 7) is 3.64. The number of nitrogens with two attached hydrogens (primary N) is 1. The number of aryl methyl sites for hydroxylation is 1. The average molecular weight is 278 g/mol. The first kappa shape index (κ1) is 14.0. The van der Waals surface area contributed by atoms with Crippen LogP contribution < -0.4 is 5.73 Å². The Bertz CT molecular complexity index is 616. The van der Waals surface area contributed by atoms with Crippen LogP contribution >= 0.6 is 0 Å². The SMILES string of the molecule is CCc1ccc([C@H]2[C@@H](S(=O)(=O)CC)[C@@]2(N)C#N)cc1. The Morgan fingerprint density at radius 3 is 2.32 bits per heavy atom. The molecule has 0 saturated heterocycles. The largest absolute Gasteiger partial charge is 0.312 e. The summed E-state index contributed by atoms with van der Waals surface area (Å²) in [6, 6.07) is 9.67. The number of nitriles is 1. The zero-order valence-electron chi connectivity index (χ0n) is 11.1. The number of benzene rings is 1. The molecule has 5 heteroatoms. The molecule has 0 aliphatic heterocycles. The standard InChI is InChI=1S/C14H18N2O2S/c1-3-10-5-7-11(8-6-10)12-13(14(12,16)9-15)19(17,18)4-2/h5-8,12-13H,3-4,16H2,1-2H3/t12-,13+,14+/m0/s1. The van der Waals surface area contributed by atoms with Gasteiger partial charge in [-0.15, -0.1) is 0 Å². The fraction of sp³-hybridized carbons (Fsp3) is 0.500. The van der Waals surface area contributed by atoms with Crippen LogP contribution in [0.3, 0.4) is 0 Å². The molecule has 2 N–H and O–H groups in total. The summed E-state index contributed by atoms with van der Waals surface area (Å²) in [4.78, 5) is 0. The summed E-state index contributed by atoms with van der Waals surface area (Å²) in [6.07, 6.45) is 0.924. The molecule has 3 atom stereocenters. The van der Waals surface area contributed by atoms with E-state index in [2.05, 4.69) is 6.92 Å². The highest BCUT2D eigenvalue weighted by Gasteiger charge is 2.69. The predicted molar refractivity (Wildman–Crippen MR) is 74.3 cm³/mol. The van der Waals surface area contributed by atoms with Gasteiger partial charge >= 0.3 is 0 Å². The van der Waals surface area contributed by atoms with Crippen molar-refractivity contribution in [2.75, 3.05) is 5.75 Å². The van der Waals surface area contributed by atoms with Crippen molar-refractivity contribution in [1.82, 2.24) is 0 Å². The third-order valence-electron chi connectivity index (χ3n) is 3.91. The Morgan fingerprint density at radius 2 is 1.89 bits per heavy atom. The molecule has 0 spiro atoms. The second-order valence-corrected chi connectivity index (χ2v) is 7.40. The van der Waals surface area contributed by atoms with Crippen molar-refractivity contribution in [2.45, 2.75) is 37.0 Å². The van der Waals surface area contributed by atoms with Crippen LogP contribution in [0, 0.1) is 11.3 Å². The van der Waals surface area contributed by atoms with Crippen molar-refractivity contribution in [2.24, 2.45) is 5.73 Å². The monoisotopic (exact) mass is 278 g/mol. The Balaban J connectivity index is 2.37. The molecule has 1 aromatic carbocycles. The number of hydrogen-bond acceptors (Lipinski definition) is 4.